The molecule has 2 heterocycles. The average molecular weight is 334 g/mol. The molecule has 3 rings (SSSR count). The molecule has 0 radical (unpaired) electrons. The van der Waals surface area contributed by atoms with Crippen molar-refractivity contribution in [3.63, 3.8) is 0 Å². The van der Waals surface area contributed by atoms with E-state index >= 15 is 0 Å². The van der Waals surface area contributed by atoms with Gasteiger partial charge < -0.3 is 24.4 Å². The number of para-hydroxylation sites is 2. The number of hydrogen-bond donors (Lipinski definition) is 1. The molecule has 1 aromatic rings. The van der Waals surface area contributed by atoms with Crippen molar-refractivity contribution in [2.75, 3.05) is 40.0 Å². The van der Waals surface area contributed by atoms with Gasteiger partial charge in [0.15, 0.2) is 11.5 Å². The van der Waals surface area contributed by atoms with Crippen LogP contribution >= 0.6 is 0 Å². The predicted molar refractivity (Wildman–Crippen MR) is 85.9 cm³/mol. The van der Waals surface area contributed by atoms with E-state index in [2.05, 4.69) is 5.32 Å². The Labute approximate surface area is 140 Å². The minimum absolute atomic E-state index is 0.00150. The summed E-state index contributed by atoms with van der Waals surface area (Å²) in [4.78, 5) is 25.8. The lowest BCUT2D eigenvalue weighted by molar-refractivity contribution is -0.129. The molecule has 0 aliphatic carbocycles. The fourth-order valence-corrected chi connectivity index (χ4v) is 2.89. The largest absolute Gasteiger partial charge is 0.486 e. The van der Waals surface area contributed by atoms with E-state index in [4.69, 9.17) is 14.2 Å². The molecule has 1 N–H and O–H groups in total. The number of nitrogens with one attached hydrogen (secondary N) is 1. The molecule has 2 unspecified atom stereocenters. The third-order valence-corrected chi connectivity index (χ3v) is 4.22. The highest BCUT2D eigenvalue weighted by atomic mass is 16.6. The van der Waals surface area contributed by atoms with Crippen molar-refractivity contribution in [1.29, 1.82) is 0 Å². The van der Waals surface area contributed by atoms with Crippen molar-refractivity contribution < 1.29 is 23.8 Å². The molecule has 2 atom stereocenters. The van der Waals surface area contributed by atoms with Gasteiger partial charge in [0, 0.05) is 26.6 Å². The summed E-state index contributed by atoms with van der Waals surface area (Å²) in [5.41, 5.74) is 0. The Morgan fingerprint density at radius 3 is 2.96 bits per heavy atom. The number of methoxy groups -OCH3 is 1. The molecule has 1 aromatic carbocycles. The number of benzene rings is 1. The summed E-state index contributed by atoms with van der Waals surface area (Å²) < 4.78 is 16.4. The van der Waals surface area contributed by atoms with Gasteiger partial charge in [-0.25, -0.2) is 0 Å². The molecular weight excluding hydrogens is 312 g/mol. The number of carbonyl (C=O) groups excluding carboxylic acids is 2. The van der Waals surface area contributed by atoms with Crippen molar-refractivity contribution >= 4 is 11.8 Å². The lowest BCUT2D eigenvalue weighted by atomic mass is 10.1. The number of fused-ring (bicyclic) bond motifs is 1. The van der Waals surface area contributed by atoms with Crippen LogP contribution in [0, 0.1) is 5.92 Å². The summed E-state index contributed by atoms with van der Waals surface area (Å²) in [6.45, 7) is 2.19. The first-order valence-electron chi connectivity index (χ1n) is 8.10. The Kier molecular flexibility index (Phi) is 5.20. The van der Waals surface area contributed by atoms with E-state index in [-0.39, 0.29) is 30.3 Å². The molecule has 24 heavy (non-hydrogen) atoms. The third-order valence-electron chi connectivity index (χ3n) is 4.22. The van der Waals surface area contributed by atoms with Gasteiger partial charge in [-0.2, -0.15) is 0 Å². The number of hydrogen-bond acceptors (Lipinski definition) is 5. The van der Waals surface area contributed by atoms with Gasteiger partial charge in [0.25, 0.3) is 0 Å². The second-order valence-electron chi connectivity index (χ2n) is 5.98. The van der Waals surface area contributed by atoms with Crippen molar-refractivity contribution in [2.45, 2.75) is 12.5 Å². The molecule has 7 nitrogen and oxygen atoms in total. The molecule has 1 fully saturated rings. The Balaban J connectivity index is 1.46. The Hall–Kier alpha value is -2.28. The van der Waals surface area contributed by atoms with E-state index in [1.165, 1.54) is 0 Å². The van der Waals surface area contributed by atoms with Gasteiger partial charge in [-0.3, -0.25) is 9.59 Å². The first-order chi connectivity index (χ1) is 11.7. The Bertz CT molecular complexity index is 606. The van der Waals surface area contributed by atoms with Crippen LogP contribution in [-0.4, -0.2) is 62.8 Å². The lowest BCUT2D eigenvalue weighted by Gasteiger charge is -2.26. The highest BCUT2D eigenvalue weighted by Crippen LogP contribution is 2.30. The minimum atomic E-state index is -0.314. The predicted octanol–water partition coefficient (Wildman–Crippen LogP) is 0.438. The van der Waals surface area contributed by atoms with Crippen LogP contribution in [0.15, 0.2) is 24.3 Å². The van der Waals surface area contributed by atoms with Crippen LogP contribution in [0.4, 0.5) is 0 Å². The Morgan fingerprint density at radius 1 is 1.38 bits per heavy atom. The summed E-state index contributed by atoms with van der Waals surface area (Å²) in [6.07, 6.45) is 0.0194. The summed E-state index contributed by atoms with van der Waals surface area (Å²) in [5, 5.41) is 2.87. The number of rotatable bonds is 6. The molecule has 1 saturated heterocycles. The van der Waals surface area contributed by atoms with Crippen molar-refractivity contribution in [3.05, 3.63) is 24.3 Å². The zero-order valence-electron chi connectivity index (χ0n) is 13.7. The number of likely N-dealkylation sites (tertiary alicyclic amines) is 1. The monoisotopic (exact) mass is 334 g/mol. The van der Waals surface area contributed by atoms with Gasteiger partial charge in [-0.05, 0) is 12.1 Å². The van der Waals surface area contributed by atoms with Gasteiger partial charge in [0.05, 0.1) is 19.1 Å². The lowest BCUT2D eigenvalue weighted by Crippen LogP contribution is -2.43. The molecule has 130 valence electrons. The zero-order valence-corrected chi connectivity index (χ0v) is 13.7. The molecule has 2 aliphatic rings. The quantitative estimate of drug-likeness (QED) is 0.817. The van der Waals surface area contributed by atoms with Gasteiger partial charge in [0.1, 0.15) is 12.7 Å². The third kappa shape index (κ3) is 3.79. The normalized spacial score (nSPS) is 22.5. The maximum absolute atomic E-state index is 12.3. The molecule has 2 amide bonds. The van der Waals surface area contributed by atoms with Crippen LogP contribution in [0.1, 0.15) is 6.42 Å². The second kappa shape index (κ2) is 7.53. The van der Waals surface area contributed by atoms with Gasteiger partial charge in [-0.15, -0.1) is 0 Å². The summed E-state index contributed by atoms with van der Waals surface area (Å²) in [7, 11) is 1.59. The van der Waals surface area contributed by atoms with Crippen molar-refractivity contribution in [3.8, 4) is 11.5 Å². The molecular formula is C17H22N2O5. The van der Waals surface area contributed by atoms with E-state index in [1.807, 2.05) is 24.3 Å². The smallest absolute Gasteiger partial charge is 0.225 e. The molecule has 0 saturated carbocycles. The van der Waals surface area contributed by atoms with E-state index in [0.717, 1.165) is 5.75 Å². The van der Waals surface area contributed by atoms with Crippen LogP contribution < -0.4 is 14.8 Å². The fourth-order valence-electron chi connectivity index (χ4n) is 2.89. The number of nitrogens with zero attached hydrogens (tertiary/aromatic N) is 1. The second-order valence-corrected chi connectivity index (χ2v) is 5.98. The maximum Gasteiger partial charge on any atom is 0.225 e. The minimum Gasteiger partial charge on any atom is -0.486 e. The maximum atomic E-state index is 12.3. The van der Waals surface area contributed by atoms with Gasteiger partial charge >= 0.3 is 0 Å². The molecule has 7 heteroatoms. The van der Waals surface area contributed by atoms with Gasteiger partial charge in [-0.1, -0.05) is 12.1 Å². The zero-order chi connectivity index (χ0) is 16.9. The van der Waals surface area contributed by atoms with Crippen LogP contribution in [0.2, 0.25) is 0 Å². The van der Waals surface area contributed by atoms with Crippen LogP contribution in [0.25, 0.3) is 0 Å². The highest BCUT2D eigenvalue weighted by molar-refractivity contribution is 5.89. The first kappa shape index (κ1) is 16.6. The SMILES string of the molecule is COCCN1CC(C(=O)NCC2COc3ccccc3O2)CC1=O. The van der Waals surface area contributed by atoms with E-state index in [1.54, 1.807) is 12.0 Å². The van der Waals surface area contributed by atoms with Crippen LogP contribution in [0.5, 0.6) is 11.5 Å². The van der Waals surface area contributed by atoms with E-state index in [0.29, 0.717) is 38.6 Å². The first-order valence-corrected chi connectivity index (χ1v) is 8.10. The summed E-state index contributed by atoms with van der Waals surface area (Å²) >= 11 is 0. The van der Waals surface area contributed by atoms with Crippen molar-refractivity contribution in [1.82, 2.24) is 10.2 Å². The number of ether oxygens (including phenoxy) is 3. The standard InChI is InChI=1S/C17H22N2O5/c1-22-7-6-19-10-12(8-16(19)20)17(21)18-9-13-11-23-14-4-2-3-5-15(14)24-13/h2-5,12-13H,6-11H2,1H3,(H,18,21). The Morgan fingerprint density at radius 2 is 2.17 bits per heavy atom. The van der Waals surface area contributed by atoms with Crippen LogP contribution in [0.3, 0.4) is 0 Å². The number of amides is 2. The summed E-state index contributed by atoms with van der Waals surface area (Å²) in [5.74, 6) is 0.968. The van der Waals surface area contributed by atoms with Crippen LogP contribution in [-0.2, 0) is 14.3 Å². The van der Waals surface area contributed by atoms with Gasteiger partial charge in [0.2, 0.25) is 11.8 Å². The average Bonchev–Trinajstić information content (AvgIpc) is 2.98. The molecule has 0 aromatic heterocycles. The molecule has 2 aliphatic heterocycles. The molecule has 0 spiro atoms. The van der Waals surface area contributed by atoms with Crippen molar-refractivity contribution in [2.24, 2.45) is 5.92 Å². The summed E-state index contributed by atoms with van der Waals surface area (Å²) in [6, 6.07) is 7.45. The number of carbonyl (C=O) groups is 2. The molecule has 0 bridgehead atoms. The highest BCUT2D eigenvalue weighted by Gasteiger charge is 2.34. The van der Waals surface area contributed by atoms with E-state index < -0.39 is 0 Å². The van der Waals surface area contributed by atoms with E-state index in [9.17, 15) is 9.59 Å². The topological polar surface area (TPSA) is 77.1 Å². The fraction of sp³-hybridized carbons (Fsp3) is 0.529.